The van der Waals surface area contributed by atoms with E-state index in [1.807, 2.05) is 0 Å². The molecule has 0 aromatic heterocycles. The Morgan fingerprint density at radius 3 is 2.16 bits per heavy atom. The van der Waals surface area contributed by atoms with Crippen molar-refractivity contribution in [1.29, 1.82) is 0 Å². The summed E-state index contributed by atoms with van der Waals surface area (Å²) < 4.78 is 63.7. The highest BCUT2D eigenvalue weighted by Gasteiger charge is 2.49. The number of hydrogen-bond donors (Lipinski definition) is 0. The average molecular weight is 434 g/mol. The van der Waals surface area contributed by atoms with Gasteiger partial charge in [-0.15, -0.1) is 0 Å². The summed E-state index contributed by atoms with van der Waals surface area (Å²) in [5.41, 5.74) is -4.10. The minimum Gasteiger partial charge on any atom is -0.203 e. The first kappa shape index (κ1) is 19.7. The molecular formula is C17H15BrF3NO2S. The lowest BCUT2D eigenvalue weighted by atomic mass is 10.2. The van der Waals surface area contributed by atoms with E-state index in [0.29, 0.717) is 9.87 Å². The first-order valence-corrected chi connectivity index (χ1v) is 9.46. The Kier molecular flexibility index (Phi) is 6.42. The van der Waals surface area contributed by atoms with E-state index in [2.05, 4.69) is 15.9 Å². The standard InChI is InChI=1S/C17H15BrF3NO2S/c18-16-10-8-14(9-11-16)7-4-12-22(25(23,24)17(19,20)21)13-15-5-2-1-3-6-15/h1-11H,12-13H2/b7-4+. The second kappa shape index (κ2) is 8.16. The zero-order chi connectivity index (χ0) is 18.5. The molecule has 0 spiro atoms. The summed E-state index contributed by atoms with van der Waals surface area (Å²) >= 11 is 3.29. The van der Waals surface area contributed by atoms with Gasteiger partial charge in [-0.05, 0) is 23.3 Å². The molecule has 2 aromatic carbocycles. The maximum atomic E-state index is 12.9. The molecule has 2 aromatic rings. The SMILES string of the molecule is O=S(=O)(N(C/C=C/c1ccc(Br)cc1)Cc1ccccc1)C(F)(F)F. The van der Waals surface area contributed by atoms with E-state index in [4.69, 9.17) is 0 Å². The van der Waals surface area contributed by atoms with Crippen LogP contribution in [0.5, 0.6) is 0 Å². The summed E-state index contributed by atoms with van der Waals surface area (Å²) in [6, 6.07) is 15.3. The van der Waals surface area contributed by atoms with Gasteiger partial charge in [-0.25, -0.2) is 8.42 Å². The third-order valence-electron chi connectivity index (χ3n) is 3.32. The normalized spacial score (nSPS) is 12.8. The lowest BCUT2D eigenvalue weighted by Crippen LogP contribution is -2.40. The van der Waals surface area contributed by atoms with Gasteiger partial charge in [-0.2, -0.15) is 17.5 Å². The Labute approximate surface area is 153 Å². The van der Waals surface area contributed by atoms with E-state index in [0.717, 1.165) is 10.0 Å². The quantitative estimate of drug-likeness (QED) is 0.654. The van der Waals surface area contributed by atoms with Crippen LogP contribution in [-0.4, -0.2) is 24.8 Å². The Morgan fingerprint density at radius 2 is 1.60 bits per heavy atom. The minimum atomic E-state index is -5.42. The molecule has 3 nitrogen and oxygen atoms in total. The van der Waals surface area contributed by atoms with E-state index < -0.39 is 15.5 Å². The molecule has 0 radical (unpaired) electrons. The van der Waals surface area contributed by atoms with Crippen molar-refractivity contribution in [1.82, 2.24) is 4.31 Å². The highest BCUT2D eigenvalue weighted by Crippen LogP contribution is 2.28. The first-order valence-electron chi connectivity index (χ1n) is 7.22. The first-order chi connectivity index (χ1) is 11.7. The van der Waals surface area contributed by atoms with Crippen LogP contribution in [0.25, 0.3) is 6.08 Å². The van der Waals surface area contributed by atoms with Gasteiger partial charge in [-0.1, -0.05) is 70.5 Å². The summed E-state index contributed by atoms with van der Waals surface area (Å²) in [4.78, 5) is 0. The van der Waals surface area contributed by atoms with Crippen LogP contribution >= 0.6 is 15.9 Å². The third kappa shape index (κ3) is 5.42. The van der Waals surface area contributed by atoms with Gasteiger partial charge < -0.3 is 0 Å². The average Bonchev–Trinajstić information content (AvgIpc) is 2.55. The topological polar surface area (TPSA) is 37.4 Å². The van der Waals surface area contributed by atoms with Crippen molar-refractivity contribution >= 4 is 32.0 Å². The summed E-state index contributed by atoms with van der Waals surface area (Å²) in [5.74, 6) is 0. The number of benzene rings is 2. The molecule has 0 unspecified atom stereocenters. The zero-order valence-corrected chi connectivity index (χ0v) is 15.4. The van der Waals surface area contributed by atoms with E-state index >= 15 is 0 Å². The Balaban J connectivity index is 2.21. The molecule has 2 rings (SSSR count). The van der Waals surface area contributed by atoms with Gasteiger partial charge in [0.15, 0.2) is 0 Å². The molecule has 0 saturated carbocycles. The van der Waals surface area contributed by atoms with Gasteiger partial charge in [0.25, 0.3) is 0 Å². The van der Waals surface area contributed by atoms with Crippen molar-refractivity contribution in [2.24, 2.45) is 0 Å². The van der Waals surface area contributed by atoms with E-state index in [1.165, 1.54) is 6.08 Å². The Hall–Kier alpha value is -1.64. The van der Waals surface area contributed by atoms with Crippen LogP contribution in [0, 0.1) is 0 Å². The van der Waals surface area contributed by atoms with Gasteiger partial charge in [0.05, 0.1) is 0 Å². The van der Waals surface area contributed by atoms with E-state index in [-0.39, 0.29) is 13.1 Å². The molecule has 0 amide bonds. The second-order valence-electron chi connectivity index (χ2n) is 5.18. The number of hydrogen-bond acceptors (Lipinski definition) is 2. The maximum absolute atomic E-state index is 12.9. The molecule has 134 valence electrons. The molecule has 0 saturated heterocycles. The molecule has 0 aliphatic heterocycles. The Morgan fingerprint density at radius 1 is 1.00 bits per heavy atom. The van der Waals surface area contributed by atoms with E-state index in [9.17, 15) is 21.6 Å². The van der Waals surface area contributed by atoms with Crippen LogP contribution in [-0.2, 0) is 16.6 Å². The summed E-state index contributed by atoms with van der Waals surface area (Å²) in [7, 11) is -5.42. The van der Waals surface area contributed by atoms with Gasteiger partial charge in [0.2, 0.25) is 0 Å². The summed E-state index contributed by atoms with van der Waals surface area (Å²) in [5, 5.41) is 0. The zero-order valence-electron chi connectivity index (χ0n) is 12.9. The predicted octanol–water partition coefficient (Wildman–Crippen LogP) is 4.81. The van der Waals surface area contributed by atoms with Crippen molar-refractivity contribution in [2.75, 3.05) is 6.54 Å². The van der Waals surface area contributed by atoms with Crippen molar-refractivity contribution < 1.29 is 21.6 Å². The van der Waals surface area contributed by atoms with E-state index in [1.54, 1.807) is 60.7 Å². The number of alkyl halides is 3. The number of nitrogens with zero attached hydrogens (tertiary/aromatic N) is 1. The number of rotatable bonds is 6. The fourth-order valence-electron chi connectivity index (χ4n) is 2.06. The molecule has 0 fully saturated rings. The van der Waals surface area contributed by atoms with Crippen LogP contribution in [0.2, 0.25) is 0 Å². The molecule has 0 aliphatic rings. The fraction of sp³-hybridized carbons (Fsp3) is 0.176. The maximum Gasteiger partial charge on any atom is 0.511 e. The van der Waals surface area contributed by atoms with Crippen molar-refractivity contribution in [2.45, 2.75) is 12.1 Å². The number of halogens is 4. The highest BCUT2D eigenvalue weighted by atomic mass is 79.9. The lowest BCUT2D eigenvalue weighted by molar-refractivity contribution is -0.0488. The molecule has 25 heavy (non-hydrogen) atoms. The largest absolute Gasteiger partial charge is 0.511 e. The van der Waals surface area contributed by atoms with Crippen LogP contribution in [0.3, 0.4) is 0 Å². The lowest BCUT2D eigenvalue weighted by Gasteiger charge is -2.22. The highest BCUT2D eigenvalue weighted by molar-refractivity contribution is 9.10. The molecule has 0 bridgehead atoms. The van der Waals surface area contributed by atoms with Gasteiger partial charge in [0, 0.05) is 17.6 Å². The van der Waals surface area contributed by atoms with Crippen LogP contribution in [0.1, 0.15) is 11.1 Å². The molecule has 0 aliphatic carbocycles. The van der Waals surface area contributed by atoms with Gasteiger partial charge in [-0.3, -0.25) is 0 Å². The van der Waals surface area contributed by atoms with Crippen molar-refractivity contribution in [3.8, 4) is 0 Å². The molecular weight excluding hydrogens is 419 g/mol. The number of sulfonamides is 1. The van der Waals surface area contributed by atoms with Crippen molar-refractivity contribution in [3.05, 3.63) is 76.3 Å². The molecule has 0 atom stereocenters. The third-order valence-corrected chi connectivity index (χ3v) is 5.40. The molecule has 8 heteroatoms. The van der Waals surface area contributed by atoms with Crippen LogP contribution in [0.15, 0.2) is 65.1 Å². The van der Waals surface area contributed by atoms with Crippen LogP contribution < -0.4 is 0 Å². The van der Waals surface area contributed by atoms with Gasteiger partial charge in [0.1, 0.15) is 0 Å². The summed E-state index contributed by atoms with van der Waals surface area (Å²) in [6.45, 7) is -0.736. The second-order valence-corrected chi connectivity index (χ2v) is 8.03. The van der Waals surface area contributed by atoms with Gasteiger partial charge >= 0.3 is 15.5 Å². The molecule has 0 N–H and O–H groups in total. The minimum absolute atomic E-state index is 0.354. The smallest absolute Gasteiger partial charge is 0.203 e. The fourth-order valence-corrected chi connectivity index (χ4v) is 3.22. The monoisotopic (exact) mass is 433 g/mol. The Bertz CT molecular complexity index is 819. The van der Waals surface area contributed by atoms with Crippen LogP contribution in [0.4, 0.5) is 13.2 Å². The summed E-state index contributed by atoms with van der Waals surface area (Å²) in [6.07, 6.45) is 2.98. The van der Waals surface area contributed by atoms with Crippen molar-refractivity contribution in [3.63, 3.8) is 0 Å². The predicted molar refractivity (Wildman–Crippen MR) is 95.0 cm³/mol. The molecule has 0 heterocycles.